The summed E-state index contributed by atoms with van der Waals surface area (Å²) in [5.74, 6) is 0.444. The molecule has 1 amide bonds. The molecule has 23 heavy (non-hydrogen) atoms. The number of aliphatic imine (C=N–C) groups is 1. The van der Waals surface area contributed by atoms with Gasteiger partial charge in [-0.05, 0) is 49.4 Å². The predicted octanol–water partition coefficient (Wildman–Crippen LogP) is 3.63. The van der Waals surface area contributed by atoms with Gasteiger partial charge < -0.3 is 10.1 Å². The van der Waals surface area contributed by atoms with Crippen LogP contribution in [0.4, 0.5) is 11.4 Å². The summed E-state index contributed by atoms with van der Waals surface area (Å²) < 4.78 is 5.08. The van der Waals surface area contributed by atoms with Gasteiger partial charge in [0.25, 0.3) is 5.91 Å². The van der Waals surface area contributed by atoms with Gasteiger partial charge in [-0.1, -0.05) is 0 Å². The van der Waals surface area contributed by atoms with Gasteiger partial charge in [-0.15, -0.1) is 0 Å². The van der Waals surface area contributed by atoms with Crippen LogP contribution in [0.5, 0.6) is 5.75 Å². The number of rotatable bonds is 3. The van der Waals surface area contributed by atoms with Gasteiger partial charge in [0.1, 0.15) is 5.75 Å². The highest BCUT2D eigenvalue weighted by Crippen LogP contribution is 2.27. The van der Waals surface area contributed by atoms with Crippen molar-refractivity contribution in [2.24, 2.45) is 4.99 Å². The fourth-order valence-corrected chi connectivity index (χ4v) is 2.45. The second-order valence-electron chi connectivity index (χ2n) is 5.36. The van der Waals surface area contributed by atoms with Gasteiger partial charge >= 0.3 is 0 Å². The lowest BCUT2D eigenvalue weighted by Crippen LogP contribution is -2.15. The maximum atomic E-state index is 12.3. The number of nitrogens with one attached hydrogen (secondary N) is 1. The quantitative estimate of drug-likeness (QED) is 0.941. The summed E-state index contributed by atoms with van der Waals surface area (Å²) in [4.78, 5) is 28.8. The van der Waals surface area contributed by atoms with E-state index in [0.29, 0.717) is 28.9 Å². The number of methoxy groups -OCH3 is 1. The number of ether oxygens (including phenoxy) is 1. The van der Waals surface area contributed by atoms with Gasteiger partial charge in [0, 0.05) is 28.9 Å². The van der Waals surface area contributed by atoms with E-state index in [4.69, 9.17) is 4.74 Å². The molecule has 0 radical (unpaired) electrons. The van der Waals surface area contributed by atoms with E-state index < -0.39 is 0 Å². The first-order chi connectivity index (χ1) is 11.1. The minimum absolute atomic E-state index is 0.00778. The smallest absolute Gasteiger partial charge is 0.255 e. The summed E-state index contributed by atoms with van der Waals surface area (Å²) in [6, 6.07) is 12.0. The SMILES string of the molecule is COc1ccc(NC(=O)c2ccc3c(c2)C(=O)CC(C)=N3)cc1. The van der Waals surface area contributed by atoms with Crippen molar-refractivity contribution in [1.29, 1.82) is 0 Å². The predicted molar refractivity (Wildman–Crippen MR) is 89.1 cm³/mol. The summed E-state index contributed by atoms with van der Waals surface area (Å²) in [7, 11) is 1.59. The van der Waals surface area contributed by atoms with E-state index in [-0.39, 0.29) is 11.7 Å². The van der Waals surface area contributed by atoms with Crippen LogP contribution in [0, 0.1) is 0 Å². The van der Waals surface area contributed by atoms with Crippen LogP contribution in [0.3, 0.4) is 0 Å². The summed E-state index contributed by atoms with van der Waals surface area (Å²) in [6.07, 6.45) is 0.302. The number of Topliss-reactive ketones (excluding diaryl/α,β-unsaturated/α-hetero) is 1. The van der Waals surface area contributed by atoms with Crippen molar-refractivity contribution >= 4 is 28.8 Å². The largest absolute Gasteiger partial charge is 0.497 e. The van der Waals surface area contributed by atoms with Crippen molar-refractivity contribution in [3.63, 3.8) is 0 Å². The second-order valence-corrected chi connectivity index (χ2v) is 5.36. The molecule has 1 aliphatic heterocycles. The molecule has 0 bridgehead atoms. The lowest BCUT2D eigenvalue weighted by atomic mass is 9.98. The van der Waals surface area contributed by atoms with Gasteiger partial charge in [-0.25, -0.2) is 0 Å². The number of ketones is 1. The molecule has 2 aromatic rings. The lowest BCUT2D eigenvalue weighted by Gasteiger charge is -2.13. The molecule has 3 rings (SSSR count). The van der Waals surface area contributed by atoms with Crippen LogP contribution in [0.15, 0.2) is 47.5 Å². The molecule has 1 aliphatic rings. The Morgan fingerprint density at radius 3 is 2.61 bits per heavy atom. The molecule has 0 fully saturated rings. The van der Waals surface area contributed by atoms with Crippen molar-refractivity contribution in [3.8, 4) is 5.75 Å². The van der Waals surface area contributed by atoms with Crippen LogP contribution in [-0.2, 0) is 0 Å². The molecule has 2 aromatic carbocycles. The average molecular weight is 308 g/mol. The van der Waals surface area contributed by atoms with Gasteiger partial charge in [0.2, 0.25) is 0 Å². The Morgan fingerprint density at radius 1 is 1.17 bits per heavy atom. The van der Waals surface area contributed by atoms with E-state index in [2.05, 4.69) is 10.3 Å². The highest BCUT2D eigenvalue weighted by molar-refractivity contribution is 6.16. The van der Waals surface area contributed by atoms with Crippen molar-refractivity contribution < 1.29 is 14.3 Å². The molecule has 0 atom stereocenters. The van der Waals surface area contributed by atoms with E-state index >= 15 is 0 Å². The molecule has 0 saturated heterocycles. The highest BCUT2D eigenvalue weighted by Gasteiger charge is 2.19. The van der Waals surface area contributed by atoms with Crippen LogP contribution in [-0.4, -0.2) is 24.5 Å². The fraction of sp³-hybridized carbons (Fsp3) is 0.167. The number of amides is 1. The fourth-order valence-electron chi connectivity index (χ4n) is 2.45. The monoisotopic (exact) mass is 308 g/mol. The molecule has 0 spiro atoms. The third-order valence-corrected chi connectivity index (χ3v) is 3.63. The van der Waals surface area contributed by atoms with Crippen LogP contribution in [0.25, 0.3) is 0 Å². The molecule has 5 heteroatoms. The van der Waals surface area contributed by atoms with Crippen molar-refractivity contribution in [2.75, 3.05) is 12.4 Å². The van der Waals surface area contributed by atoms with Gasteiger partial charge in [-0.3, -0.25) is 14.6 Å². The zero-order chi connectivity index (χ0) is 16.4. The zero-order valence-corrected chi connectivity index (χ0v) is 12.9. The molecule has 1 heterocycles. The Labute approximate surface area is 134 Å². The molecule has 1 N–H and O–H groups in total. The number of carbonyl (C=O) groups excluding carboxylic acids is 2. The van der Waals surface area contributed by atoms with Gasteiger partial charge in [0.05, 0.1) is 12.8 Å². The number of hydrogen-bond acceptors (Lipinski definition) is 4. The number of fused-ring (bicyclic) bond motifs is 1. The molecule has 0 unspecified atom stereocenters. The normalized spacial score (nSPS) is 13.1. The molecule has 0 aromatic heterocycles. The first-order valence-electron chi connectivity index (χ1n) is 7.23. The highest BCUT2D eigenvalue weighted by atomic mass is 16.5. The number of nitrogens with zero attached hydrogens (tertiary/aromatic N) is 1. The number of carbonyl (C=O) groups is 2. The summed E-state index contributed by atoms with van der Waals surface area (Å²) in [5, 5.41) is 2.80. The average Bonchev–Trinajstić information content (AvgIpc) is 2.55. The molecule has 5 nitrogen and oxygen atoms in total. The van der Waals surface area contributed by atoms with E-state index in [1.807, 2.05) is 6.92 Å². The third kappa shape index (κ3) is 3.13. The summed E-state index contributed by atoms with van der Waals surface area (Å²) in [6.45, 7) is 1.82. The Bertz CT molecular complexity index is 808. The Balaban J connectivity index is 1.83. The van der Waals surface area contributed by atoms with E-state index in [1.54, 1.807) is 49.6 Å². The van der Waals surface area contributed by atoms with Crippen molar-refractivity contribution in [1.82, 2.24) is 0 Å². The molecule has 0 aliphatic carbocycles. The maximum absolute atomic E-state index is 12.3. The van der Waals surface area contributed by atoms with E-state index in [0.717, 1.165) is 11.5 Å². The molecular formula is C18H16N2O3. The Hall–Kier alpha value is -2.95. The van der Waals surface area contributed by atoms with Gasteiger partial charge in [0.15, 0.2) is 5.78 Å². The Kier molecular flexibility index (Phi) is 3.93. The Morgan fingerprint density at radius 2 is 1.91 bits per heavy atom. The number of hydrogen-bond donors (Lipinski definition) is 1. The zero-order valence-electron chi connectivity index (χ0n) is 12.9. The topological polar surface area (TPSA) is 67.8 Å². The van der Waals surface area contributed by atoms with E-state index in [9.17, 15) is 9.59 Å². The molecule has 0 saturated carbocycles. The van der Waals surface area contributed by atoms with E-state index in [1.165, 1.54) is 0 Å². The van der Waals surface area contributed by atoms with Crippen LogP contribution in [0.1, 0.15) is 34.1 Å². The molecule has 116 valence electrons. The van der Waals surface area contributed by atoms with Gasteiger partial charge in [-0.2, -0.15) is 0 Å². The summed E-state index contributed by atoms with van der Waals surface area (Å²) in [5.41, 5.74) is 3.01. The van der Waals surface area contributed by atoms with Crippen LogP contribution >= 0.6 is 0 Å². The van der Waals surface area contributed by atoms with Crippen LogP contribution < -0.4 is 10.1 Å². The number of anilines is 1. The standard InChI is InChI=1S/C18H16N2O3/c1-11-9-17(21)15-10-12(3-8-16(15)19-11)18(22)20-13-4-6-14(23-2)7-5-13/h3-8,10H,9H2,1-2H3,(H,20,22). The minimum atomic E-state index is -0.267. The third-order valence-electron chi connectivity index (χ3n) is 3.63. The molecular weight excluding hydrogens is 292 g/mol. The number of benzene rings is 2. The first kappa shape index (κ1) is 15.0. The van der Waals surface area contributed by atoms with Crippen LogP contribution in [0.2, 0.25) is 0 Å². The van der Waals surface area contributed by atoms with Crippen molar-refractivity contribution in [2.45, 2.75) is 13.3 Å². The first-order valence-corrected chi connectivity index (χ1v) is 7.23. The minimum Gasteiger partial charge on any atom is -0.497 e. The second kappa shape index (κ2) is 6.04. The summed E-state index contributed by atoms with van der Waals surface area (Å²) >= 11 is 0. The lowest BCUT2D eigenvalue weighted by molar-refractivity contribution is 0.0999. The van der Waals surface area contributed by atoms with Crippen molar-refractivity contribution in [3.05, 3.63) is 53.6 Å². The maximum Gasteiger partial charge on any atom is 0.255 e.